The largest absolute Gasteiger partial charge is 0.374 e. The van der Waals surface area contributed by atoms with Crippen molar-refractivity contribution >= 4 is 5.91 Å². The molecule has 2 atom stereocenters. The Morgan fingerprint density at radius 1 is 1.04 bits per heavy atom. The number of hydrogen-bond donors (Lipinski definition) is 2. The summed E-state index contributed by atoms with van der Waals surface area (Å²) in [5.41, 5.74) is 7.91. The van der Waals surface area contributed by atoms with Crippen LogP contribution >= 0.6 is 0 Å². The van der Waals surface area contributed by atoms with E-state index in [4.69, 9.17) is 10.5 Å². The van der Waals surface area contributed by atoms with Crippen molar-refractivity contribution in [3.8, 4) is 0 Å². The third kappa shape index (κ3) is 5.51. The van der Waals surface area contributed by atoms with Crippen LogP contribution in [0.15, 0.2) is 60.7 Å². The first-order chi connectivity index (χ1) is 11.2. The van der Waals surface area contributed by atoms with Gasteiger partial charge in [-0.05, 0) is 24.5 Å². The van der Waals surface area contributed by atoms with Crippen molar-refractivity contribution in [1.82, 2.24) is 5.32 Å². The normalized spacial score (nSPS) is 13.3. The van der Waals surface area contributed by atoms with E-state index in [1.165, 1.54) is 0 Å². The first-order valence-electron chi connectivity index (χ1n) is 7.93. The van der Waals surface area contributed by atoms with Crippen molar-refractivity contribution in [2.45, 2.75) is 25.5 Å². The first-order valence-corrected chi connectivity index (χ1v) is 7.93. The maximum absolute atomic E-state index is 12.0. The van der Waals surface area contributed by atoms with Crippen molar-refractivity contribution in [3.63, 3.8) is 0 Å². The maximum Gasteiger partial charge on any atom is 0.241 e. The molecule has 2 rings (SSSR count). The van der Waals surface area contributed by atoms with Crippen LogP contribution in [0.2, 0.25) is 0 Å². The Morgan fingerprint density at radius 2 is 1.61 bits per heavy atom. The molecule has 0 saturated carbocycles. The zero-order chi connectivity index (χ0) is 16.5. The van der Waals surface area contributed by atoms with E-state index >= 15 is 0 Å². The third-order valence-electron chi connectivity index (χ3n) is 3.70. The average Bonchev–Trinajstić information content (AvgIpc) is 2.62. The Labute approximate surface area is 137 Å². The van der Waals surface area contributed by atoms with E-state index in [9.17, 15) is 4.79 Å². The molecule has 2 aromatic rings. The molecular weight excluding hydrogens is 288 g/mol. The standard InChI is InChI=1S/C19H24N2O2/c1-15(16-9-4-2-5-10-16)23-14-8-13-21-19(22)18(20)17-11-6-3-7-12-17/h2-7,9-12,15,18H,8,13-14,20H2,1H3,(H,21,22). The lowest BCUT2D eigenvalue weighted by atomic mass is 10.1. The Bertz CT molecular complexity index is 587. The number of nitrogens with one attached hydrogen (secondary N) is 1. The van der Waals surface area contributed by atoms with Gasteiger partial charge in [0.15, 0.2) is 0 Å². The van der Waals surface area contributed by atoms with Crippen molar-refractivity contribution in [2.75, 3.05) is 13.2 Å². The highest BCUT2D eigenvalue weighted by molar-refractivity contribution is 5.82. The molecule has 0 fully saturated rings. The van der Waals surface area contributed by atoms with Gasteiger partial charge in [-0.2, -0.15) is 0 Å². The summed E-state index contributed by atoms with van der Waals surface area (Å²) in [6.07, 6.45) is 0.809. The van der Waals surface area contributed by atoms with Gasteiger partial charge in [0.05, 0.1) is 6.10 Å². The van der Waals surface area contributed by atoms with Gasteiger partial charge in [0, 0.05) is 13.2 Å². The lowest BCUT2D eigenvalue weighted by molar-refractivity contribution is -0.122. The molecule has 0 saturated heterocycles. The quantitative estimate of drug-likeness (QED) is 0.737. The molecule has 3 N–H and O–H groups in total. The molecule has 0 aliphatic rings. The SMILES string of the molecule is CC(OCCCNC(=O)C(N)c1ccccc1)c1ccccc1. The summed E-state index contributed by atoms with van der Waals surface area (Å²) >= 11 is 0. The minimum absolute atomic E-state index is 0.0541. The predicted octanol–water partition coefficient (Wildman–Crippen LogP) is 2.97. The highest BCUT2D eigenvalue weighted by Crippen LogP contribution is 2.15. The second-order valence-electron chi connectivity index (χ2n) is 5.46. The van der Waals surface area contributed by atoms with Crippen molar-refractivity contribution in [1.29, 1.82) is 0 Å². The Balaban J connectivity index is 1.64. The monoisotopic (exact) mass is 312 g/mol. The van der Waals surface area contributed by atoms with Crippen LogP contribution in [0.1, 0.15) is 36.6 Å². The smallest absolute Gasteiger partial charge is 0.241 e. The van der Waals surface area contributed by atoms with E-state index < -0.39 is 6.04 Å². The predicted molar refractivity (Wildman–Crippen MR) is 91.8 cm³/mol. The van der Waals surface area contributed by atoms with Crippen LogP contribution in [0.25, 0.3) is 0 Å². The molecule has 0 aliphatic heterocycles. The number of rotatable bonds is 8. The van der Waals surface area contributed by atoms with Crippen LogP contribution in [-0.4, -0.2) is 19.1 Å². The molecular formula is C19H24N2O2. The second kappa shape index (κ2) is 9.08. The first kappa shape index (κ1) is 17.2. The van der Waals surface area contributed by atoms with Gasteiger partial charge in [0.1, 0.15) is 6.04 Å². The highest BCUT2D eigenvalue weighted by atomic mass is 16.5. The summed E-state index contributed by atoms with van der Waals surface area (Å²) in [5.74, 6) is -0.160. The molecule has 0 aromatic heterocycles. The molecule has 0 spiro atoms. The van der Waals surface area contributed by atoms with Crippen LogP contribution in [0.5, 0.6) is 0 Å². The topological polar surface area (TPSA) is 64.3 Å². The Hall–Kier alpha value is -2.17. The minimum Gasteiger partial charge on any atom is -0.374 e. The fraction of sp³-hybridized carbons (Fsp3) is 0.316. The molecule has 2 aromatic carbocycles. The molecule has 2 unspecified atom stereocenters. The fourth-order valence-corrected chi connectivity index (χ4v) is 2.29. The number of ether oxygens (including phenoxy) is 1. The minimum atomic E-state index is -0.625. The van der Waals surface area contributed by atoms with Gasteiger partial charge >= 0.3 is 0 Å². The van der Waals surface area contributed by atoms with Crippen molar-refractivity contribution in [2.24, 2.45) is 5.73 Å². The van der Waals surface area contributed by atoms with Crippen LogP contribution in [-0.2, 0) is 9.53 Å². The van der Waals surface area contributed by atoms with Crippen molar-refractivity contribution < 1.29 is 9.53 Å². The van der Waals surface area contributed by atoms with Gasteiger partial charge in [0.25, 0.3) is 0 Å². The molecule has 0 bridgehead atoms. The van der Waals surface area contributed by atoms with Crippen LogP contribution < -0.4 is 11.1 Å². The molecule has 4 heteroatoms. The molecule has 0 aliphatic carbocycles. The summed E-state index contributed by atoms with van der Waals surface area (Å²) in [5, 5.41) is 2.85. The molecule has 122 valence electrons. The molecule has 0 heterocycles. The Kier molecular flexibility index (Phi) is 6.78. The molecule has 4 nitrogen and oxygen atoms in total. The summed E-state index contributed by atoms with van der Waals surface area (Å²) in [4.78, 5) is 12.0. The number of carbonyl (C=O) groups excluding carboxylic acids is 1. The van der Waals surface area contributed by atoms with E-state index in [0.717, 1.165) is 17.5 Å². The van der Waals surface area contributed by atoms with Gasteiger partial charge in [-0.15, -0.1) is 0 Å². The lowest BCUT2D eigenvalue weighted by Gasteiger charge is -2.15. The maximum atomic E-state index is 12.0. The van der Waals surface area contributed by atoms with Crippen LogP contribution in [0, 0.1) is 0 Å². The van der Waals surface area contributed by atoms with E-state index in [1.54, 1.807) is 0 Å². The highest BCUT2D eigenvalue weighted by Gasteiger charge is 2.14. The van der Waals surface area contributed by atoms with Gasteiger partial charge in [0.2, 0.25) is 5.91 Å². The molecule has 0 radical (unpaired) electrons. The van der Waals surface area contributed by atoms with E-state index in [2.05, 4.69) is 5.32 Å². The van der Waals surface area contributed by atoms with Gasteiger partial charge in [-0.25, -0.2) is 0 Å². The number of hydrogen-bond acceptors (Lipinski definition) is 3. The zero-order valence-corrected chi connectivity index (χ0v) is 13.4. The Morgan fingerprint density at radius 3 is 2.22 bits per heavy atom. The van der Waals surface area contributed by atoms with Gasteiger partial charge in [-0.3, -0.25) is 4.79 Å². The van der Waals surface area contributed by atoms with E-state index in [-0.39, 0.29) is 12.0 Å². The number of nitrogens with two attached hydrogens (primary N) is 1. The van der Waals surface area contributed by atoms with E-state index in [1.807, 2.05) is 67.6 Å². The van der Waals surface area contributed by atoms with Crippen LogP contribution in [0.3, 0.4) is 0 Å². The summed E-state index contributed by atoms with van der Waals surface area (Å²) in [6.45, 7) is 3.18. The summed E-state index contributed by atoms with van der Waals surface area (Å²) in [7, 11) is 0. The second-order valence-corrected chi connectivity index (χ2v) is 5.46. The van der Waals surface area contributed by atoms with E-state index in [0.29, 0.717) is 13.2 Å². The van der Waals surface area contributed by atoms with Gasteiger partial charge < -0.3 is 15.8 Å². The summed E-state index contributed by atoms with van der Waals surface area (Å²) < 4.78 is 5.77. The molecule has 1 amide bonds. The summed E-state index contributed by atoms with van der Waals surface area (Å²) in [6, 6.07) is 18.8. The average molecular weight is 312 g/mol. The number of amides is 1. The third-order valence-corrected chi connectivity index (χ3v) is 3.70. The zero-order valence-electron chi connectivity index (χ0n) is 13.4. The number of benzene rings is 2. The fourth-order valence-electron chi connectivity index (χ4n) is 2.29. The lowest BCUT2D eigenvalue weighted by Crippen LogP contribution is -2.34. The van der Waals surface area contributed by atoms with Crippen molar-refractivity contribution in [3.05, 3.63) is 71.8 Å². The number of carbonyl (C=O) groups is 1. The van der Waals surface area contributed by atoms with Gasteiger partial charge in [-0.1, -0.05) is 60.7 Å². The molecule has 23 heavy (non-hydrogen) atoms. The van der Waals surface area contributed by atoms with Crippen LogP contribution in [0.4, 0.5) is 0 Å².